The number of rotatable bonds is 4. The Bertz CT molecular complexity index is 174. The number of fused-ring (bicyclic) bond motifs is 1. The zero-order chi connectivity index (χ0) is 9.97. The number of nitrogens with two attached hydrogens (primary N) is 1. The minimum atomic E-state index is 0.193. The summed E-state index contributed by atoms with van der Waals surface area (Å²) in [5, 5.41) is 0. The topological polar surface area (TPSA) is 38.5 Å². The summed E-state index contributed by atoms with van der Waals surface area (Å²) in [6.07, 6.45) is 4.34. The van der Waals surface area contributed by atoms with E-state index in [0.29, 0.717) is 6.61 Å². The number of hydrogen-bond donors (Lipinski definition) is 1. The second-order valence-corrected chi connectivity index (χ2v) is 4.89. The number of methoxy groups -OCH3 is 1. The molecule has 14 heavy (non-hydrogen) atoms. The molecular weight excluding hydrogens is 176 g/mol. The van der Waals surface area contributed by atoms with Crippen molar-refractivity contribution < 1.29 is 4.74 Å². The van der Waals surface area contributed by atoms with Crippen LogP contribution in [0.4, 0.5) is 0 Å². The van der Waals surface area contributed by atoms with E-state index in [-0.39, 0.29) is 6.04 Å². The van der Waals surface area contributed by atoms with Gasteiger partial charge in [0, 0.05) is 32.8 Å². The zero-order valence-corrected chi connectivity index (χ0v) is 9.11. The highest BCUT2D eigenvalue weighted by atomic mass is 16.5. The first-order valence-corrected chi connectivity index (χ1v) is 5.76. The van der Waals surface area contributed by atoms with Crippen molar-refractivity contribution in [3.63, 3.8) is 0 Å². The molecule has 0 radical (unpaired) electrons. The fourth-order valence-corrected chi connectivity index (χ4v) is 3.08. The van der Waals surface area contributed by atoms with Crippen LogP contribution in [0.2, 0.25) is 0 Å². The lowest BCUT2D eigenvalue weighted by Crippen LogP contribution is -2.39. The summed E-state index contributed by atoms with van der Waals surface area (Å²) >= 11 is 0. The van der Waals surface area contributed by atoms with Gasteiger partial charge in [-0.15, -0.1) is 0 Å². The maximum absolute atomic E-state index is 5.95. The molecule has 0 aromatic rings. The third-order valence-corrected chi connectivity index (χ3v) is 3.68. The Morgan fingerprint density at radius 3 is 2.57 bits per heavy atom. The SMILES string of the molecule is COCC(N)CN1CC2CCCC2C1. The summed E-state index contributed by atoms with van der Waals surface area (Å²) in [6.45, 7) is 4.26. The Labute approximate surface area is 86.6 Å². The van der Waals surface area contributed by atoms with Crippen LogP contribution in [0.1, 0.15) is 19.3 Å². The molecule has 0 amide bonds. The van der Waals surface area contributed by atoms with Crippen LogP contribution in [-0.2, 0) is 4.74 Å². The Kier molecular flexibility index (Phi) is 3.42. The van der Waals surface area contributed by atoms with Gasteiger partial charge in [-0.05, 0) is 24.7 Å². The van der Waals surface area contributed by atoms with Gasteiger partial charge >= 0.3 is 0 Å². The van der Waals surface area contributed by atoms with Gasteiger partial charge in [-0.25, -0.2) is 0 Å². The van der Waals surface area contributed by atoms with E-state index in [1.165, 1.54) is 32.4 Å². The van der Waals surface area contributed by atoms with Crippen molar-refractivity contribution in [1.82, 2.24) is 4.90 Å². The fourth-order valence-electron chi connectivity index (χ4n) is 3.08. The van der Waals surface area contributed by atoms with Crippen LogP contribution >= 0.6 is 0 Å². The molecule has 3 heteroatoms. The summed E-state index contributed by atoms with van der Waals surface area (Å²) in [6, 6.07) is 0.193. The third kappa shape index (κ3) is 2.27. The predicted octanol–water partition coefficient (Wildman–Crippen LogP) is 0.692. The summed E-state index contributed by atoms with van der Waals surface area (Å²) < 4.78 is 5.06. The van der Waals surface area contributed by atoms with Crippen molar-refractivity contribution >= 4 is 0 Å². The van der Waals surface area contributed by atoms with Gasteiger partial charge in [-0.2, -0.15) is 0 Å². The van der Waals surface area contributed by atoms with E-state index in [4.69, 9.17) is 10.5 Å². The van der Waals surface area contributed by atoms with Crippen LogP contribution in [0.5, 0.6) is 0 Å². The van der Waals surface area contributed by atoms with Gasteiger partial charge in [0.25, 0.3) is 0 Å². The van der Waals surface area contributed by atoms with Crippen LogP contribution in [0.15, 0.2) is 0 Å². The molecule has 1 heterocycles. The number of hydrogen-bond acceptors (Lipinski definition) is 3. The molecule has 2 fully saturated rings. The van der Waals surface area contributed by atoms with Crippen molar-refractivity contribution in [2.45, 2.75) is 25.3 Å². The van der Waals surface area contributed by atoms with Crippen LogP contribution in [0.3, 0.4) is 0 Å². The summed E-state index contributed by atoms with van der Waals surface area (Å²) in [4.78, 5) is 2.53. The minimum Gasteiger partial charge on any atom is -0.383 e. The van der Waals surface area contributed by atoms with Crippen molar-refractivity contribution in [2.75, 3.05) is 33.4 Å². The maximum Gasteiger partial charge on any atom is 0.0626 e. The Balaban J connectivity index is 1.73. The molecule has 1 aliphatic carbocycles. The molecule has 1 aliphatic heterocycles. The Morgan fingerprint density at radius 2 is 2.00 bits per heavy atom. The van der Waals surface area contributed by atoms with Gasteiger partial charge < -0.3 is 15.4 Å². The van der Waals surface area contributed by atoms with Crippen LogP contribution in [-0.4, -0.2) is 44.3 Å². The van der Waals surface area contributed by atoms with Gasteiger partial charge in [0.1, 0.15) is 0 Å². The number of nitrogens with zero attached hydrogens (tertiary/aromatic N) is 1. The van der Waals surface area contributed by atoms with Crippen molar-refractivity contribution in [3.8, 4) is 0 Å². The molecule has 2 aliphatic rings. The molecule has 1 saturated heterocycles. The van der Waals surface area contributed by atoms with Gasteiger partial charge in [0.15, 0.2) is 0 Å². The molecule has 3 atom stereocenters. The first-order chi connectivity index (χ1) is 6.79. The summed E-state index contributed by atoms with van der Waals surface area (Å²) in [5.41, 5.74) is 5.95. The Hall–Kier alpha value is -0.120. The Morgan fingerprint density at radius 1 is 1.36 bits per heavy atom. The highest BCUT2D eigenvalue weighted by molar-refractivity contribution is 4.89. The van der Waals surface area contributed by atoms with Gasteiger partial charge in [-0.1, -0.05) is 6.42 Å². The van der Waals surface area contributed by atoms with Gasteiger partial charge in [-0.3, -0.25) is 0 Å². The molecule has 0 bridgehead atoms. The van der Waals surface area contributed by atoms with E-state index in [1.807, 2.05) is 0 Å². The number of ether oxygens (including phenoxy) is 1. The van der Waals surface area contributed by atoms with Gasteiger partial charge in [0.2, 0.25) is 0 Å². The predicted molar refractivity (Wildman–Crippen MR) is 57.1 cm³/mol. The largest absolute Gasteiger partial charge is 0.383 e. The highest BCUT2D eigenvalue weighted by Crippen LogP contribution is 2.37. The molecule has 3 nitrogen and oxygen atoms in total. The standard InChI is InChI=1S/C11H22N2O/c1-14-8-11(12)7-13-5-9-3-2-4-10(9)6-13/h9-11H,2-8,12H2,1H3. The third-order valence-electron chi connectivity index (χ3n) is 3.68. The molecular formula is C11H22N2O. The highest BCUT2D eigenvalue weighted by Gasteiger charge is 2.36. The lowest BCUT2D eigenvalue weighted by molar-refractivity contribution is 0.158. The van der Waals surface area contributed by atoms with Crippen LogP contribution in [0.25, 0.3) is 0 Å². The summed E-state index contributed by atoms with van der Waals surface area (Å²) in [7, 11) is 1.72. The monoisotopic (exact) mass is 198 g/mol. The quantitative estimate of drug-likeness (QED) is 0.722. The van der Waals surface area contributed by atoms with Crippen molar-refractivity contribution in [2.24, 2.45) is 17.6 Å². The molecule has 0 spiro atoms. The molecule has 0 aromatic carbocycles. The van der Waals surface area contributed by atoms with E-state index in [1.54, 1.807) is 7.11 Å². The molecule has 3 unspecified atom stereocenters. The molecule has 82 valence electrons. The van der Waals surface area contributed by atoms with Crippen molar-refractivity contribution in [1.29, 1.82) is 0 Å². The first-order valence-electron chi connectivity index (χ1n) is 5.76. The van der Waals surface area contributed by atoms with Crippen LogP contribution in [0, 0.1) is 11.8 Å². The van der Waals surface area contributed by atoms with E-state index >= 15 is 0 Å². The lowest BCUT2D eigenvalue weighted by atomic mass is 10.0. The molecule has 2 N–H and O–H groups in total. The fraction of sp³-hybridized carbons (Fsp3) is 1.00. The van der Waals surface area contributed by atoms with Gasteiger partial charge in [0.05, 0.1) is 6.61 Å². The second-order valence-electron chi connectivity index (χ2n) is 4.89. The van der Waals surface area contributed by atoms with E-state index < -0.39 is 0 Å². The van der Waals surface area contributed by atoms with Crippen LogP contribution < -0.4 is 5.73 Å². The number of likely N-dealkylation sites (tertiary alicyclic amines) is 1. The van der Waals surface area contributed by atoms with Crippen molar-refractivity contribution in [3.05, 3.63) is 0 Å². The summed E-state index contributed by atoms with van der Waals surface area (Å²) in [5.74, 6) is 1.95. The maximum atomic E-state index is 5.95. The minimum absolute atomic E-state index is 0.193. The smallest absolute Gasteiger partial charge is 0.0626 e. The van der Waals surface area contributed by atoms with E-state index in [0.717, 1.165) is 18.4 Å². The van der Waals surface area contributed by atoms with E-state index in [2.05, 4.69) is 4.90 Å². The zero-order valence-electron chi connectivity index (χ0n) is 9.11. The lowest BCUT2D eigenvalue weighted by Gasteiger charge is -2.20. The molecule has 0 aromatic heterocycles. The second kappa shape index (κ2) is 4.60. The average molecular weight is 198 g/mol. The molecule has 2 rings (SSSR count). The first kappa shape index (κ1) is 10.4. The average Bonchev–Trinajstić information content (AvgIpc) is 2.63. The molecule has 1 saturated carbocycles. The normalized spacial score (nSPS) is 34.7. The van der Waals surface area contributed by atoms with E-state index in [9.17, 15) is 0 Å².